The van der Waals surface area contributed by atoms with Crippen molar-refractivity contribution in [3.63, 3.8) is 0 Å². The van der Waals surface area contributed by atoms with E-state index in [2.05, 4.69) is 26.2 Å². The number of rotatable bonds is 2. The van der Waals surface area contributed by atoms with E-state index < -0.39 is 0 Å². The number of nitrogens with one attached hydrogen (secondary N) is 1. The van der Waals surface area contributed by atoms with Crippen molar-refractivity contribution in [1.82, 2.24) is 4.98 Å². The molecule has 1 amide bonds. The van der Waals surface area contributed by atoms with Gasteiger partial charge in [-0.25, -0.2) is 0 Å². The lowest BCUT2D eigenvalue weighted by atomic mass is 10.1. The Hall–Kier alpha value is -1.68. The van der Waals surface area contributed by atoms with E-state index in [4.69, 9.17) is 0 Å². The molecule has 0 unspecified atom stereocenters. The maximum absolute atomic E-state index is 11.0. The molecule has 0 aliphatic heterocycles. The molecule has 3 nitrogen and oxygen atoms in total. The smallest absolute Gasteiger partial charge is 0.221 e. The maximum Gasteiger partial charge on any atom is 0.221 e. The highest BCUT2D eigenvalue weighted by atomic mass is 79.9. The molecule has 17 heavy (non-hydrogen) atoms. The van der Waals surface area contributed by atoms with Crippen molar-refractivity contribution < 1.29 is 4.79 Å². The van der Waals surface area contributed by atoms with Gasteiger partial charge in [-0.1, -0.05) is 12.1 Å². The van der Waals surface area contributed by atoms with Crippen LogP contribution in [-0.4, -0.2) is 10.9 Å². The highest BCUT2D eigenvalue weighted by Gasteiger charge is 2.04. The van der Waals surface area contributed by atoms with E-state index in [1.165, 1.54) is 6.92 Å². The first-order valence-electron chi connectivity index (χ1n) is 5.15. The number of amides is 1. The number of carbonyl (C=O) groups is 1. The molecule has 0 aliphatic carbocycles. The minimum Gasteiger partial charge on any atom is -0.325 e. The first-order chi connectivity index (χ1) is 8.16. The Bertz CT molecular complexity index is 540. The summed E-state index contributed by atoms with van der Waals surface area (Å²) in [6.07, 6.45) is 1.75. The van der Waals surface area contributed by atoms with Gasteiger partial charge in [0.15, 0.2) is 0 Å². The summed E-state index contributed by atoms with van der Waals surface area (Å²) in [6.45, 7) is 1.49. The molecule has 1 heterocycles. The second-order valence-corrected chi connectivity index (χ2v) is 4.45. The molecular weight excluding hydrogens is 280 g/mol. The summed E-state index contributed by atoms with van der Waals surface area (Å²) in [4.78, 5) is 15.2. The number of aromatic nitrogens is 1. The predicted molar refractivity (Wildman–Crippen MR) is 71.7 cm³/mol. The van der Waals surface area contributed by atoms with Gasteiger partial charge in [0.1, 0.15) is 0 Å². The van der Waals surface area contributed by atoms with Crippen molar-refractivity contribution in [1.29, 1.82) is 0 Å². The van der Waals surface area contributed by atoms with Crippen LogP contribution >= 0.6 is 15.9 Å². The first-order valence-corrected chi connectivity index (χ1v) is 5.94. The lowest BCUT2D eigenvalue weighted by Gasteiger charge is -2.07. The molecule has 0 fully saturated rings. The second kappa shape index (κ2) is 5.10. The molecule has 2 aromatic rings. The van der Waals surface area contributed by atoms with E-state index in [9.17, 15) is 4.79 Å². The van der Waals surface area contributed by atoms with E-state index in [-0.39, 0.29) is 5.91 Å². The van der Waals surface area contributed by atoms with Crippen LogP contribution in [-0.2, 0) is 4.79 Å². The molecule has 4 heteroatoms. The van der Waals surface area contributed by atoms with Crippen LogP contribution in [0.15, 0.2) is 47.1 Å². The summed E-state index contributed by atoms with van der Waals surface area (Å²) >= 11 is 3.43. The first kappa shape index (κ1) is 11.8. The van der Waals surface area contributed by atoms with E-state index >= 15 is 0 Å². The summed E-state index contributed by atoms with van der Waals surface area (Å²) in [5.41, 5.74) is 2.67. The van der Waals surface area contributed by atoms with Crippen molar-refractivity contribution in [2.75, 3.05) is 5.32 Å². The number of hydrogen-bond acceptors (Lipinski definition) is 2. The normalized spacial score (nSPS) is 10.0. The Morgan fingerprint density at radius 3 is 2.71 bits per heavy atom. The van der Waals surface area contributed by atoms with E-state index in [0.717, 1.165) is 21.4 Å². The predicted octanol–water partition coefficient (Wildman–Crippen LogP) is 3.47. The number of anilines is 1. The largest absolute Gasteiger partial charge is 0.325 e. The third kappa shape index (κ3) is 2.91. The van der Waals surface area contributed by atoms with Gasteiger partial charge in [-0.05, 0) is 40.2 Å². The molecule has 1 aromatic heterocycles. The molecule has 0 radical (unpaired) electrons. The van der Waals surface area contributed by atoms with Crippen molar-refractivity contribution >= 4 is 27.5 Å². The minimum absolute atomic E-state index is 0.0868. The molecule has 1 N–H and O–H groups in total. The molecule has 0 saturated heterocycles. The Morgan fingerprint density at radius 2 is 2.12 bits per heavy atom. The minimum atomic E-state index is -0.0868. The number of halogens is 1. The molecule has 0 spiro atoms. The third-order valence-electron chi connectivity index (χ3n) is 2.24. The molecule has 1 aromatic carbocycles. The molecule has 2 rings (SSSR count). The Balaban J connectivity index is 2.34. The topological polar surface area (TPSA) is 42.0 Å². The van der Waals surface area contributed by atoms with Crippen LogP contribution < -0.4 is 5.32 Å². The van der Waals surface area contributed by atoms with Crippen LogP contribution in [0.3, 0.4) is 0 Å². The van der Waals surface area contributed by atoms with E-state index in [1.54, 1.807) is 6.20 Å². The SMILES string of the molecule is CC(=O)Nc1ccc(-c2ccccn2)cc1Br. The quantitative estimate of drug-likeness (QED) is 0.920. The van der Waals surface area contributed by atoms with E-state index in [0.29, 0.717) is 0 Å². The Kier molecular flexibility index (Phi) is 3.54. The molecule has 86 valence electrons. The summed E-state index contributed by atoms with van der Waals surface area (Å²) in [6, 6.07) is 11.5. The molecule has 0 bridgehead atoms. The van der Waals surface area contributed by atoms with E-state index in [1.807, 2.05) is 36.4 Å². The van der Waals surface area contributed by atoms with Crippen LogP contribution in [0.25, 0.3) is 11.3 Å². The lowest BCUT2D eigenvalue weighted by molar-refractivity contribution is -0.114. The second-order valence-electron chi connectivity index (χ2n) is 3.59. The van der Waals surface area contributed by atoms with Crippen molar-refractivity contribution in [3.8, 4) is 11.3 Å². The molecular formula is C13H11BrN2O. The Morgan fingerprint density at radius 1 is 1.29 bits per heavy atom. The van der Waals surface area contributed by atoms with Crippen LogP contribution in [0, 0.1) is 0 Å². The lowest BCUT2D eigenvalue weighted by Crippen LogP contribution is -2.06. The van der Waals surface area contributed by atoms with Gasteiger partial charge in [0.25, 0.3) is 0 Å². The molecule has 0 atom stereocenters. The van der Waals surface area contributed by atoms with Gasteiger partial charge in [-0.3, -0.25) is 9.78 Å². The monoisotopic (exact) mass is 290 g/mol. The van der Waals surface area contributed by atoms with Gasteiger partial charge in [0.2, 0.25) is 5.91 Å². The number of benzene rings is 1. The van der Waals surface area contributed by atoms with Crippen LogP contribution in [0.4, 0.5) is 5.69 Å². The van der Waals surface area contributed by atoms with Crippen molar-refractivity contribution in [2.24, 2.45) is 0 Å². The fourth-order valence-electron chi connectivity index (χ4n) is 1.50. The van der Waals surface area contributed by atoms with Gasteiger partial charge >= 0.3 is 0 Å². The summed E-state index contributed by atoms with van der Waals surface area (Å²) < 4.78 is 0.843. The fourth-order valence-corrected chi connectivity index (χ4v) is 1.98. The zero-order valence-corrected chi connectivity index (χ0v) is 10.9. The zero-order valence-electron chi connectivity index (χ0n) is 9.27. The standard InChI is InChI=1S/C13H11BrN2O/c1-9(17)16-13-6-5-10(8-11(13)14)12-4-2-3-7-15-12/h2-8H,1H3,(H,16,17). The van der Waals surface area contributed by atoms with Gasteiger partial charge in [-0.15, -0.1) is 0 Å². The fraction of sp³-hybridized carbons (Fsp3) is 0.0769. The average molecular weight is 291 g/mol. The zero-order chi connectivity index (χ0) is 12.3. The average Bonchev–Trinajstić information content (AvgIpc) is 2.32. The van der Waals surface area contributed by atoms with Gasteiger partial charge in [-0.2, -0.15) is 0 Å². The van der Waals surface area contributed by atoms with Crippen molar-refractivity contribution in [2.45, 2.75) is 6.92 Å². The third-order valence-corrected chi connectivity index (χ3v) is 2.90. The highest BCUT2D eigenvalue weighted by Crippen LogP contribution is 2.28. The number of pyridine rings is 1. The maximum atomic E-state index is 11.0. The van der Waals surface area contributed by atoms with Gasteiger partial charge in [0, 0.05) is 23.2 Å². The summed E-state index contributed by atoms with van der Waals surface area (Å²) in [7, 11) is 0. The highest BCUT2D eigenvalue weighted by molar-refractivity contribution is 9.10. The van der Waals surface area contributed by atoms with Gasteiger partial charge < -0.3 is 5.32 Å². The van der Waals surface area contributed by atoms with Crippen molar-refractivity contribution in [3.05, 3.63) is 47.1 Å². The van der Waals surface area contributed by atoms with Crippen LogP contribution in [0.1, 0.15) is 6.92 Å². The number of hydrogen-bond donors (Lipinski definition) is 1. The molecule has 0 saturated carbocycles. The summed E-state index contributed by atoms with van der Waals surface area (Å²) in [5.74, 6) is -0.0868. The number of carbonyl (C=O) groups excluding carboxylic acids is 1. The molecule has 0 aliphatic rings. The van der Waals surface area contributed by atoms with Crippen LogP contribution in [0.2, 0.25) is 0 Å². The van der Waals surface area contributed by atoms with Gasteiger partial charge in [0.05, 0.1) is 11.4 Å². The summed E-state index contributed by atoms with van der Waals surface area (Å²) in [5, 5.41) is 2.75. The Labute approximate surface area is 108 Å². The van der Waals surface area contributed by atoms with Crippen LogP contribution in [0.5, 0.6) is 0 Å². The number of nitrogens with zero attached hydrogens (tertiary/aromatic N) is 1.